The molecule has 0 aromatic carbocycles. The molecule has 38 heavy (non-hydrogen) atoms. The Labute approximate surface area is 224 Å². The Bertz CT molecular complexity index is 1230. The van der Waals surface area contributed by atoms with Crippen LogP contribution in [0.3, 0.4) is 0 Å². The van der Waals surface area contributed by atoms with Crippen molar-refractivity contribution >= 4 is 23.4 Å². The van der Waals surface area contributed by atoms with Gasteiger partial charge in [-0.3, -0.25) is 4.79 Å². The fourth-order valence-corrected chi connectivity index (χ4v) is 5.43. The third-order valence-electron chi connectivity index (χ3n) is 7.62. The fraction of sp³-hybridized carbons (Fsp3) is 0.387. The number of allylic oxidation sites excluding steroid dienone is 9. The first-order valence-corrected chi connectivity index (χ1v) is 13.6. The van der Waals surface area contributed by atoms with Gasteiger partial charge in [0.1, 0.15) is 5.82 Å². The summed E-state index contributed by atoms with van der Waals surface area (Å²) in [6, 6.07) is 3.91. The van der Waals surface area contributed by atoms with Gasteiger partial charge in [0, 0.05) is 25.4 Å². The number of hydrogen-bond acceptors (Lipinski definition) is 5. The summed E-state index contributed by atoms with van der Waals surface area (Å²) < 4.78 is 5.88. The first-order chi connectivity index (χ1) is 18.5. The van der Waals surface area contributed by atoms with E-state index in [2.05, 4.69) is 45.6 Å². The van der Waals surface area contributed by atoms with Crippen molar-refractivity contribution in [1.82, 2.24) is 4.98 Å². The molecule has 1 fully saturated rings. The van der Waals surface area contributed by atoms with Crippen LogP contribution < -0.4 is 10.2 Å². The van der Waals surface area contributed by atoms with E-state index >= 15 is 0 Å². The molecule has 7 nitrogen and oxygen atoms in total. The monoisotopic (exact) mass is 513 g/mol. The molecule has 1 atom stereocenters. The van der Waals surface area contributed by atoms with Crippen LogP contribution >= 0.6 is 0 Å². The minimum Gasteiger partial charge on any atom is -0.498 e. The maximum atomic E-state index is 12.6. The summed E-state index contributed by atoms with van der Waals surface area (Å²) >= 11 is 0. The smallest absolute Gasteiger partial charge is 0.335 e. The largest absolute Gasteiger partial charge is 0.498 e. The third-order valence-corrected chi connectivity index (χ3v) is 7.62. The molecule has 3 aliphatic carbocycles. The molecule has 0 saturated carbocycles. The molecule has 2 heterocycles. The number of aliphatic carboxylic acids is 1. The molecule has 1 saturated heterocycles. The van der Waals surface area contributed by atoms with E-state index in [-0.39, 0.29) is 5.91 Å². The van der Waals surface area contributed by atoms with Crippen molar-refractivity contribution in [2.24, 2.45) is 11.8 Å². The molecule has 1 aromatic rings. The second kappa shape index (κ2) is 12.1. The van der Waals surface area contributed by atoms with Crippen molar-refractivity contribution < 1.29 is 19.4 Å². The number of ether oxygens (including phenoxy) is 1. The number of rotatable bonds is 9. The van der Waals surface area contributed by atoms with E-state index in [4.69, 9.17) is 9.84 Å². The third kappa shape index (κ3) is 6.71. The molecule has 2 N–H and O–H groups in total. The Kier molecular flexibility index (Phi) is 8.22. The molecule has 4 aliphatic rings. The Hall–Kier alpha value is -3.87. The summed E-state index contributed by atoms with van der Waals surface area (Å²) in [5.41, 5.74) is 3.37. The van der Waals surface area contributed by atoms with Gasteiger partial charge in [0.25, 0.3) is 0 Å². The van der Waals surface area contributed by atoms with Crippen LogP contribution in [0.2, 0.25) is 0 Å². The lowest BCUT2D eigenvalue weighted by Gasteiger charge is -2.33. The van der Waals surface area contributed by atoms with E-state index in [1.165, 1.54) is 5.57 Å². The number of fused-ring (bicyclic) bond motifs is 1. The van der Waals surface area contributed by atoms with Crippen LogP contribution in [0.15, 0.2) is 89.4 Å². The first-order valence-electron chi connectivity index (χ1n) is 13.6. The minimum absolute atomic E-state index is 0.0290. The number of carboxylic acids is 1. The Morgan fingerprint density at radius 1 is 1.13 bits per heavy atom. The number of pyridine rings is 1. The lowest BCUT2D eigenvalue weighted by Crippen LogP contribution is -2.34. The second-order valence-corrected chi connectivity index (χ2v) is 10.3. The number of carbonyl (C=O) groups excluding carboxylic acids is 1. The Balaban J connectivity index is 1.03. The van der Waals surface area contributed by atoms with Crippen LogP contribution in [0.25, 0.3) is 0 Å². The Morgan fingerprint density at radius 2 is 2.00 bits per heavy atom. The van der Waals surface area contributed by atoms with Crippen LogP contribution in [-0.4, -0.2) is 41.7 Å². The lowest BCUT2D eigenvalue weighted by molar-refractivity contribution is -0.132. The van der Waals surface area contributed by atoms with Gasteiger partial charge < -0.3 is 20.1 Å². The molecule has 5 rings (SSSR count). The predicted octanol–water partition coefficient (Wildman–Crippen LogP) is 5.72. The second-order valence-electron chi connectivity index (χ2n) is 10.3. The minimum atomic E-state index is -0.898. The van der Waals surface area contributed by atoms with Gasteiger partial charge in [0.15, 0.2) is 0 Å². The van der Waals surface area contributed by atoms with Gasteiger partial charge in [-0.25, -0.2) is 9.78 Å². The summed E-state index contributed by atoms with van der Waals surface area (Å²) in [4.78, 5) is 30.6. The zero-order valence-corrected chi connectivity index (χ0v) is 21.6. The number of aromatic nitrogens is 1. The van der Waals surface area contributed by atoms with Crippen molar-refractivity contribution in [3.63, 3.8) is 0 Å². The van der Waals surface area contributed by atoms with Gasteiger partial charge in [-0.15, -0.1) is 0 Å². The molecule has 198 valence electrons. The van der Waals surface area contributed by atoms with Crippen LogP contribution in [-0.2, 0) is 14.3 Å². The van der Waals surface area contributed by atoms with E-state index in [1.807, 2.05) is 18.2 Å². The number of amides is 1. The highest BCUT2D eigenvalue weighted by molar-refractivity contribution is 5.92. The highest BCUT2D eigenvalue weighted by Crippen LogP contribution is 2.30. The molecule has 7 heteroatoms. The maximum absolute atomic E-state index is 12.6. The van der Waals surface area contributed by atoms with Crippen LogP contribution in [0.4, 0.5) is 11.5 Å². The van der Waals surface area contributed by atoms with E-state index in [9.17, 15) is 9.59 Å². The average molecular weight is 514 g/mol. The van der Waals surface area contributed by atoms with Gasteiger partial charge in [-0.1, -0.05) is 42.5 Å². The number of piperidine rings is 1. The van der Waals surface area contributed by atoms with Crippen LogP contribution in [0, 0.1) is 11.8 Å². The number of nitrogens with zero attached hydrogens (tertiary/aromatic N) is 2. The zero-order valence-electron chi connectivity index (χ0n) is 21.6. The first kappa shape index (κ1) is 25.8. The normalized spacial score (nSPS) is 21.1. The molecule has 1 aromatic heterocycles. The van der Waals surface area contributed by atoms with Gasteiger partial charge in [0.05, 0.1) is 36.2 Å². The predicted molar refractivity (Wildman–Crippen MR) is 149 cm³/mol. The van der Waals surface area contributed by atoms with Crippen molar-refractivity contribution in [1.29, 1.82) is 0 Å². The van der Waals surface area contributed by atoms with Crippen LogP contribution in [0.1, 0.15) is 44.9 Å². The van der Waals surface area contributed by atoms with Crippen LogP contribution in [0.5, 0.6) is 0 Å². The quantitative estimate of drug-likeness (QED) is 0.439. The molecule has 0 radical (unpaired) electrons. The van der Waals surface area contributed by atoms with Gasteiger partial charge >= 0.3 is 5.97 Å². The summed E-state index contributed by atoms with van der Waals surface area (Å²) in [5, 5.41) is 12.1. The van der Waals surface area contributed by atoms with Crippen molar-refractivity contribution in [3.8, 4) is 0 Å². The molecule has 1 amide bonds. The van der Waals surface area contributed by atoms with E-state index in [1.54, 1.807) is 18.3 Å². The lowest BCUT2D eigenvalue weighted by atomic mass is 9.85. The molecule has 0 bridgehead atoms. The number of carboxylic acid groups (broad SMARTS) is 1. The molecule has 1 aliphatic heterocycles. The van der Waals surface area contributed by atoms with Gasteiger partial charge in [0.2, 0.25) is 5.91 Å². The van der Waals surface area contributed by atoms with E-state index < -0.39 is 5.97 Å². The summed E-state index contributed by atoms with van der Waals surface area (Å²) in [6.45, 7) is 2.50. The number of hydrogen-bond donors (Lipinski definition) is 2. The zero-order chi connectivity index (χ0) is 26.3. The standard InChI is InChI=1S/C31H35N3O4/c35-30(19-23-8-9-24-4-1-2-5-25(24)18-23)33-27-10-11-29(32-21-27)34-15-12-22(13-16-34)14-17-38-28-7-3-6-26(20-28)31(36)37/h1-2,4-6,8,10-11,18,20-22,24H,3,7,9,12-17,19H2,(H,33,35)(H,36,37). The maximum Gasteiger partial charge on any atom is 0.335 e. The SMILES string of the molecule is O=C(CC1=CCC2C=CC=CC2=C1)Nc1ccc(N2CCC(CCOC3=CC(C(=O)O)=CCC3)CC2)nc1. The number of nitrogens with one attached hydrogen (secondary N) is 1. The molecule has 0 spiro atoms. The van der Waals surface area contributed by atoms with Crippen molar-refractivity contribution in [2.75, 3.05) is 29.9 Å². The average Bonchev–Trinajstić information content (AvgIpc) is 2.94. The summed E-state index contributed by atoms with van der Waals surface area (Å²) in [7, 11) is 0. The van der Waals surface area contributed by atoms with Gasteiger partial charge in [-0.2, -0.15) is 0 Å². The highest BCUT2D eigenvalue weighted by atomic mass is 16.5. The van der Waals surface area contributed by atoms with E-state index in [0.29, 0.717) is 42.5 Å². The topological polar surface area (TPSA) is 91.8 Å². The summed E-state index contributed by atoms with van der Waals surface area (Å²) in [5.74, 6) is 1.80. The molecular weight excluding hydrogens is 478 g/mol. The van der Waals surface area contributed by atoms with Crippen molar-refractivity contribution in [3.05, 3.63) is 89.4 Å². The van der Waals surface area contributed by atoms with Gasteiger partial charge in [-0.05, 0) is 67.4 Å². The molecule has 1 unspecified atom stereocenters. The number of anilines is 2. The van der Waals surface area contributed by atoms with E-state index in [0.717, 1.165) is 62.3 Å². The van der Waals surface area contributed by atoms with Crippen molar-refractivity contribution in [2.45, 2.75) is 44.9 Å². The highest BCUT2D eigenvalue weighted by Gasteiger charge is 2.21. The Morgan fingerprint density at radius 3 is 2.79 bits per heavy atom. The fourth-order valence-electron chi connectivity index (χ4n) is 5.43. The molecular formula is C31H35N3O4. The summed E-state index contributed by atoms with van der Waals surface area (Å²) in [6.07, 6.45) is 23.8. The number of carbonyl (C=O) groups is 2.